The van der Waals surface area contributed by atoms with Crippen molar-refractivity contribution in [1.29, 1.82) is 0 Å². The maximum absolute atomic E-state index is 12.3. The molecule has 0 aromatic heterocycles. The summed E-state index contributed by atoms with van der Waals surface area (Å²) in [7, 11) is 1.64. The fraction of sp³-hybridized carbons (Fsp3) is 0.350. The van der Waals surface area contributed by atoms with Crippen LogP contribution in [0.3, 0.4) is 0 Å². The number of hydrogen-bond donors (Lipinski definition) is 1. The second-order valence-corrected chi connectivity index (χ2v) is 6.74. The first-order chi connectivity index (χ1) is 12.2. The van der Waals surface area contributed by atoms with E-state index in [1.54, 1.807) is 7.11 Å². The molecule has 1 fully saturated rings. The molecule has 3 rings (SSSR count). The molecule has 0 spiro atoms. The van der Waals surface area contributed by atoms with Gasteiger partial charge in [0, 0.05) is 17.6 Å². The Morgan fingerprint density at radius 2 is 2.08 bits per heavy atom. The number of carbonyl (C=O) groups excluding carboxylic acids is 1. The lowest BCUT2D eigenvalue weighted by atomic mass is 10.0. The van der Waals surface area contributed by atoms with Gasteiger partial charge in [-0.05, 0) is 54.8 Å². The van der Waals surface area contributed by atoms with Gasteiger partial charge in [0.25, 0.3) is 0 Å². The predicted octanol–water partition coefficient (Wildman–Crippen LogP) is 3.80. The molecule has 1 heterocycles. The van der Waals surface area contributed by atoms with Crippen LogP contribution in [0, 0.1) is 0 Å². The molecule has 0 radical (unpaired) electrons. The van der Waals surface area contributed by atoms with Crippen molar-refractivity contribution < 1.29 is 9.53 Å². The maximum Gasteiger partial charge on any atom is 0.234 e. The van der Waals surface area contributed by atoms with Gasteiger partial charge in [0.1, 0.15) is 5.75 Å². The molecule has 1 aliphatic heterocycles. The highest BCUT2D eigenvalue weighted by molar-refractivity contribution is 6.30. The fourth-order valence-electron chi connectivity index (χ4n) is 3.29. The van der Waals surface area contributed by atoms with Gasteiger partial charge < -0.3 is 10.1 Å². The molecule has 4 nitrogen and oxygen atoms in total. The Labute approximate surface area is 153 Å². The lowest BCUT2D eigenvalue weighted by Crippen LogP contribution is -2.36. The normalized spacial score (nSPS) is 17.4. The van der Waals surface area contributed by atoms with Gasteiger partial charge in [-0.2, -0.15) is 0 Å². The van der Waals surface area contributed by atoms with Crippen LogP contribution in [0.25, 0.3) is 0 Å². The van der Waals surface area contributed by atoms with Crippen molar-refractivity contribution in [2.24, 2.45) is 0 Å². The molecule has 2 aromatic rings. The average molecular weight is 359 g/mol. The molecule has 1 N–H and O–H groups in total. The summed E-state index contributed by atoms with van der Waals surface area (Å²) in [5, 5.41) is 3.74. The van der Waals surface area contributed by atoms with Crippen LogP contribution < -0.4 is 10.1 Å². The Kier molecular flexibility index (Phi) is 5.95. The van der Waals surface area contributed by atoms with E-state index >= 15 is 0 Å². The van der Waals surface area contributed by atoms with E-state index in [9.17, 15) is 4.79 Å². The van der Waals surface area contributed by atoms with Crippen LogP contribution in [0.2, 0.25) is 5.02 Å². The molecule has 2 aromatic carbocycles. The number of carbonyl (C=O) groups is 1. The summed E-state index contributed by atoms with van der Waals surface area (Å²) in [5.41, 5.74) is 2.25. The predicted molar refractivity (Wildman–Crippen MR) is 99.8 cm³/mol. The van der Waals surface area contributed by atoms with E-state index < -0.39 is 0 Å². The number of halogens is 1. The topological polar surface area (TPSA) is 41.6 Å². The number of ether oxygens (including phenoxy) is 1. The number of hydrogen-bond acceptors (Lipinski definition) is 3. The third-order valence-corrected chi connectivity index (χ3v) is 4.83. The minimum absolute atomic E-state index is 0.0461. The van der Waals surface area contributed by atoms with Crippen molar-refractivity contribution in [3.05, 3.63) is 64.7 Å². The van der Waals surface area contributed by atoms with Gasteiger partial charge in [-0.3, -0.25) is 9.69 Å². The summed E-state index contributed by atoms with van der Waals surface area (Å²) in [6.45, 7) is 1.87. The van der Waals surface area contributed by atoms with Crippen molar-refractivity contribution in [3.63, 3.8) is 0 Å². The Morgan fingerprint density at radius 1 is 1.28 bits per heavy atom. The standard InChI is InChI=1S/C20H23ClN2O2/c1-25-18-9-7-15(8-10-18)13-22-20(24)14-23-11-3-6-19(23)16-4-2-5-17(21)12-16/h2,4-5,7-10,12,19H,3,6,11,13-14H2,1H3,(H,22,24). The van der Waals surface area contributed by atoms with Crippen LogP contribution in [0.5, 0.6) is 5.75 Å². The molecule has 1 amide bonds. The largest absolute Gasteiger partial charge is 0.497 e. The first-order valence-electron chi connectivity index (χ1n) is 8.55. The Morgan fingerprint density at radius 3 is 2.80 bits per heavy atom. The summed E-state index contributed by atoms with van der Waals surface area (Å²) >= 11 is 6.11. The van der Waals surface area contributed by atoms with Crippen LogP contribution in [-0.4, -0.2) is 31.0 Å². The van der Waals surface area contributed by atoms with Crippen molar-refractivity contribution in [3.8, 4) is 5.75 Å². The number of benzene rings is 2. The summed E-state index contributed by atoms with van der Waals surface area (Å²) in [4.78, 5) is 14.6. The van der Waals surface area contributed by atoms with Gasteiger partial charge in [-0.15, -0.1) is 0 Å². The van der Waals surface area contributed by atoms with E-state index in [0.29, 0.717) is 13.1 Å². The molecule has 0 saturated carbocycles. The van der Waals surface area contributed by atoms with E-state index in [4.69, 9.17) is 16.3 Å². The minimum atomic E-state index is 0.0461. The van der Waals surface area contributed by atoms with Crippen LogP contribution in [-0.2, 0) is 11.3 Å². The van der Waals surface area contributed by atoms with Gasteiger partial charge in [0.05, 0.1) is 13.7 Å². The number of methoxy groups -OCH3 is 1. The van der Waals surface area contributed by atoms with Crippen LogP contribution in [0.4, 0.5) is 0 Å². The highest BCUT2D eigenvalue weighted by Crippen LogP contribution is 2.32. The van der Waals surface area contributed by atoms with E-state index in [2.05, 4.69) is 16.3 Å². The zero-order valence-corrected chi connectivity index (χ0v) is 15.1. The fourth-order valence-corrected chi connectivity index (χ4v) is 3.49. The van der Waals surface area contributed by atoms with Gasteiger partial charge in [0.2, 0.25) is 5.91 Å². The van der Waals surface area contributed by atoms with Gasteiger partial charge in [-0.25, -0.2) is 0 Å². The average Bonchev–Trinajstić information content (AvgIpc) is 3.08. The molecular weight excluding hydrogens is 336 g/mol. The summed E-state index contributed by atoms with van der Waals surface area (Å²) in [6, 6.07) is 15.9. The first-order valence-corrected chi connectivity index (χ1v) is 8.92. The molecule has 1 atom stereocenters. The van der Waals surface area contributed by atoms with Gasteiger partial charge in [-0.1, -0.05) is 35.9 Å². The van der Waals surface area contributed by atoms with Gasteiger partial charge >= 0.3 is 0 Å². The molecule has 1 aliphatic rings. The highest BCUT2D eigenvalue weighted by atomic mass is 35.5. The molecule has 132 valence electrons. The summed E-state index contributed by atoms with van der Waals surface area (Å²) in [5.74, 6) is 0.862. The lowest BCUT2D eigenvalue weighted by molar-refractivity contribution is -0.122. The third kappa shape index (κ3) is 4.74. The summed E-state index contributed by atoms with van der Waals surface area (Å²) < 4.78 is 5.14. The SMILES string of the molecule is COc1ccc(CNC(=O)CN2CCCC2c2cccc(Cl)c2)cc1. The second kappa shape index (κ2) is 8.37. The highest BCUT2D eigenvalue weighted by Gasteiger charge is 2.27. The zero-order chi connectivity index (χ0) is 17.6. The van der Waals surface area contributed by atoms with Gasteiger partial charge in [0.15, 0.2) is 0 Å². The molecule has 5 heteroatoms. The minimum Gasteiger partial charge on any atom is -0.497 e. The number of nitrogens with zero attached hydrogens (tertiary/aromatic N) is 1. The van der Waals surface area contributed by atoms with Crippen molar-refractivity contribution in [2.45, 2.75) is 25.4 Å². The van der Waals surface area contributed by atoms with Crippen LogP contribution >= 0.6 is 11.6 Å². The molecule has 1 unspecified atom stereocenters. The molecule has 0 aliphatic carbocycles. The summed E-state index contributed by atoms with van der Waals surface area (Å²) in [6.07, 6.45) is 2.16. The van der Waals surface area contributed by atoms with E-state index in [0.717, 1.165) is 35.7 Å². The van der Waals surface area contributed by atoms with Crippen molar-refractivity contribution in [2.75, 3.05) is 20.2 Å². The first kappa shape index (κ1) is 17.8. The quantitative estimate of drug-likeness (QED) is 0.853. The molecule has 1 saturated heterocycles. The maximum atomic E-state index is 12.3. The number of likely N-dealkylation sites (tertiary alicyclic amines) is 1. The number of amides is 1. The lowest BCUT2D eigenvalue weighted by Gasteiger charge is -2.24. The van der Waals surface area contributed by atoms with Crippen LogP contribution in [0.15, 0.2) is 48.5 Å². The number of rotatable bonds is 6. The van der Waals surface area contributed by atoms with E-state index in [-0.39, 0.29) is 11.9 Å². The Hall–Kier alpha value is -2.04. The molecular formula is C20H23ClN2O2. The molecule has 0 bridgehead atoms. The van der Waals surface area contributed by atoms with Crippen LogP contribution in [0.1, 0.15) is 30.0 Å². The second-order valence-electron chi connectivity index (χ2n) is 6.31. The number of nitrogens with one attached hydrogen (secondary N) is 1. The smallest absolute Gasteiger partial charge is 0.234 e. The van der Waals surface area contributed by atoms with Crippen molar-refractivity contribution >= 4 is 17.5 Å². The van der Waals surface area contributed by atoms with E-state index in [1.807, 2.05) is 42.5 Å². The zero-order valence-electron chi connectivity index (χ0n) is 14.4. The van der Waals surface area contributed by atoms with Crippen molar-refractivity contribution in [1.82, 2.24) is 10.2 Å². The molecule has 25 heavy (non-hydrogen) atoms. The Bertz CT molecular complexity index is 718. The Balaban J connectivity index is 1.54. The third-order valence-electron chi connectivity index (χ3n) is 4.59. The monoisotopic (exact) mass is 358 g/mol. The van der Waals surface area contributed by atoms with E-state index in [1.165, 1.54) is 5.56 Å².